The first-order chi connectivity index (χ1) is 9.37. The van der Waals surface area contributed by atoms with Crippen molar-refractivity contribution >= 4 is 5.69 Å². The van der Waals surface area contributed by atoms with E-state index in [-0.39, 0.29) is 0 Å². The topological polar surface area (TPSA) is 48.4 Å². The highest BCUT2D eigenvalue weighted by Crippen LogP contribution is 2.19. The Kier molecular flexibility index (Phi) is 6.43. The first-order valence-corrected chi connectivity index (χ1v) is 7.50. The van der Waals surface area contributed by atoms with Gasteiger partial charge in [-0.25, -0.2) is 0 Å². The summed E-state index contributed by atoms with van der Waals surface area (Å²) in [4.78, 5) is 6.59. The standard InChI is InChI=1S/C16H29N3O/c1-6-10-17-14(7-2)15-9-8-13(11-18-15)19(5)12-16(3,4)20/h8-9,11,14,17,20H,6-7,10,12H2,1-5H3. The molecule has 0 aliphatic carbocycles. The predicted octanol–water partition coefficient (Wildman–Crippen LogP) is 2.74. The van der Waals surface area contributed by atoms with Crippen molar-refractivity contribution < 1.29 is 5.11 Å². The zero-order chi connectivity index (χ0) is 15.2. The molecule has 1 unspecified atom stereocenters. The average molecular weight is 279 g/mol. The molecule has 0 aliphatic heterocycles. The van der Waals surface area contributed by atoms with Gasteiger partial charge in [-0.15, -0.1) is 0 Å². The fraction of sp³-hybridized carbons (Fsp3) is 0.688. The number of aromatic nitrogens is 1. The van der Waals surface area contributed by atoms with Crippen LogP contribution in [0, 0.1) is 0 Å². The van der Waals surface area contributed by atoms with E-state index in [0.717, 1.165) is 30.8 Å². The Labute approximate surface area is 123 Å². The zero-order valence-corrected chi connectivity index (χ0v) is 13.5. The van der Waals surface area contributed by atoms with Crippen molar-refractivity contribution in [3.63, 3.8) is 0 Å². The Morgan fingerprint density at radius 2 is 2.05 bits per heavy atom. The summed E-state index contributed by atoms with van der Waals surface area (Å²) in [5, 5.41) is 13.4. The van der Waals surface area contributed by atoms with Gasteiger partial charge in [-0.2, -0.15) is 0 Å². The molecular formula is C16H29N3O. The average Bonchev–Trinajstić information content (AvgIpc) is 2.38. The molecule has 0 aromatic carbocycles. The van der Waals surface area contributed by atoms with E-state index in [2.05, 4.69) is 36.3 Å². The SMILES string of the molecule is CCCNC(CC)c1ccc(N(C)CC(C)(C)O)cn1. The Morgan fingerprint density at radius 1 is 1.35 bits per heavy atom. The van der Waals surface area contributed by atoms with Gasteiger partial charge in [0.2, 0.25) is 0 Å². The number of hydrogen-bond acceptors (Lipinski definition) is 4. The first-order valence-electron chi connectivity index (χ1n) is 7.50. The lowest BCUT2D eigenvalue weighted by molar-refractivity contribution is 0.0886. The molecule has 1 atom stereocenters. The molecule has 1 heterocycles. The van der Waals surface area contributed by atoms with Crippen LogP contribution in [-0.4, -0.2) is 35.8 Å². The van der Waals surface area contributed by atoms with Crippen molar-refractivity contribution in [3.8, 4) is 0 Å². The van der Waals surface area contributed by atoms with E-state index >= 15 is 0 Å². The third-order valence-electron chi connectivity index (χ3n) is 3.24. The molecular weight excluding hydrogens is 250 g/mol. The normalized spacial score (nSPS) is 13.3. The monoisotopic (exact) mass is 279 g/mol. The Bertz CT molecular complexity index is 384. The lowest BCUT2D eigenvalue weighted by Crippen LogP contribution is -2.36. The molecule has 0 spiro atoms. The largest absolute Gasteiger partial charge is 0.389 e. The molecule has 114 valence electrons. The fourth-order valence-electron chi connectivity index (χ4n) is 2.28. The summed E-state index contributed by atoms with van der Waals surface area (Å²) in [6, 6.07) is 4.47. The summed E-state index contributed by atoms with van der Waals surface area (Å²) in [5.41, 5.74) is 1.41. The minimum absolute atomic E-state index is 0.323. The molecule has 0 fully saturated rings. The van der Waals surface area contributed by atoms with Gasteiger partial charge in [0.15, 0.2) is 0 Å². The molecule has 0 bridgehead atoms. The maximum atomic E-state index is 9.86. The lowest BCUT2D eigenvalue weighted by Gasteiger charge is -2.27. The summed E-state index contributed by atoms with van der Waals surface area (Å²) < 4.78 is 0. The van der Waals surface area contributed by atoms with E-state index in [9.17, 15) is 5.11 Å². The molecule has 1 rings (SSSR count). The second kappa shape index (κ2) is 7.60. The van der Waals surface area contributed by atoms with Crippen LogP contribution in [0.3, 0.4) is 0 Å². The van der Waals surface area contributed by atoms with Crippen LogP contribution in [0.15, 0.2) is 18.3 Å². The molecule has 0 saturated heterocycles. The highest BCUT2D eigenvalue weighted by Gasteiger charge is 2.16. The summed E-state index contributed by atoms with van der Waals surface area (Å²) in [5.74, 6) is 0. The van der Waals surface area contributed by atoms with Gasteiger partial charge in [-0.05, 0) is 45.4 Å². The minimum atomic E-state index is -0.706. The Hall–Kier alpha value is -1.13. The molecule has 4 nitrogen and oxygen atoms in total. The van der Waals surface area contributed by atoms with Crippen molar-refractivity contribution in [2.75, 3.05) is 25.0 Å². The maximum Gasteiger partial charge on any atom is 0.0765 e. The second-order valence-electron chi connectivity index (χ2n) is 6.02. The van der Waals surface area contributed by atoms with Crippen molar-refractivity contribution in [1.82, 2.24) is 10.3 Å². The number of rotatable bonds is 8. The van der Waals surface area contributed by atoms with Crippen molar-refractivity contribution in [2.24, 2.45) is 0 Å². The van der Waals surface area contributed by atoms with E-state index in [4.69, 9.17) is 0 Å². The molecule has 4 heteroatoms. The van der Waals surface area contributed by atoms with E-state index in [0.29, 0.717) is 12.6 Å². The van der Waals surface area contributed by atoms with E-state index in [1.54, 1.807) is 0 Å². The molecule has 0 amide bonds. The van der Waals surface area contributed by atoms with Crippen LogP contribution in [0.2, 0.25) is 0 Å². The number of pyridine rings is 1. The van der Waals surface area contributed by atoms with E-state index in [1.165, 1.54) is 0 Å². The van der Waals surface area contributed by atoms with Gasteiger partial charge in [0.05, 0.1) is 23.2 Å². The quantitative estimate of drug-likeness (QED) is 0.768. The van der Waals surface area contributed by atoms with Gasteiger partial charge in [-0.1, -0.05) is 13.8 Å². The first kappa shape index (κ1) is 16.9. The molecule has 20 heavy (non-hydrogen) atoms. The summed E-state index contributed by atoms with van der Waals surface area (Å²) >= 11 is 0. The molecule has 2 N–H and O–H groups in total. The number of likely N-dealkylation sites (N-methyl/N-ethyl adjacent to an activating group) is 1. The van der Waals surface area contributed by atoms with Crippen LogP contribution in [0.5, 0.6) is 0 Å². The van der Waals surface area contributed by atoms with E-state index in [1.807, 2.05) is 32.0 Å². The highest BCUT2D eigenvalue weighted by atomic mass is 16.3. The fourth-order valence-corrected chi connectivity index (χ4v) is 2.28. The Balaban J connectivity index is 2.72. The van der Waals surface area contributed by atoms with Gasteiger partial charge < -0.3 is 15.3 Å². The molecule has 0 radical (unpaired) electrons. The predicted molar refractivity (Wildman–Crippen MR) is 85.1 cm³/mol. The summed E-state index contributed by atoms with van der Waals surface area (Å²) in [6.45, 7) is 9.56. The minimum Gasteiger partial charge on any atom is -0.389 e. The van der Waals surface area contributed by atoms with Crippen LogP contribution in [0.1, 0.15) is 52.3 Å². The zero-order valence-electron chi connectivity index (χ0n) is 13.5. The van der Waals surface area contributed by atoms with Gasteiger partial charge in [-0.3, -0.25) is 4.98 Å². The van der Waals surface area contributed by atoms with Gasteiger partial charge in [0.25, 0.3) is 0 Å². The lowest BCUT2D eigenvalue weighted by atomic mass is 10.1. The van der Waals surface area contributed by atoms with Crippen molar-refractivity contribution in [1.29, 1.82) is 0 Å². The molecule has 0 saturated carbocycles. The van der Waals surface area contributed by atoms with Crippen LogP contribution >= 0.6 is 0 Å². The molecule has 1 aromatic rings. The third-order valence-corrected chi connectivity index (χ3v) is 3.24. The molecule has 0 aliphatic rings. The maximum absolute atomic E-state index is 9.86. The number of hydrogen-bond donors (Lipinski definition) is 2. The number of aliphatic hydroxyl groups is 1. The summed E-state index contributed by atoms with van der Waals surface area (Å²) in [6.07, 6.45) is 4.05. The van der Waals surface area contributed by atoms with Crippen molar-refractivity contribution in [3.05, 3.63) is 24.0 Å². The number of nitrogens with one attached hydrogen (secondary N) is 1. The Morgan fingerprint density at radius 3 is 2.50 bits per heavy atom. The highest BCUT2D eigenvalue weighted by molar-refractivity contribution is 5.44. The van der Waals surface area contributed by atoms with Crippen LogP contribution < -0.4 is 10.2 Å². The summed E-state index contributed by atoms with van der Waals surface area (Å²) in [7, 11) is 1.97. The van der Waals surface area contributed by atoms with E-state index < -0.39 is 5.60 Å². The van der Waals surface area contributed by atoms with Crippen LogP contribution in [-0.2, 0) is 0 Å². The van der Waals surface area contributed by atoms with Gasteiger partial charge in [0.1, 0.15) is 0 Å². The second-order valence-corrected chi connectivity index (χ2v) is 6.02. The number of anilines is 1. The molecule has 1 aromatic heterocycles. The number of nitrogens with zero attached hydrogens (tertiary/aromatic N) is 2. The van der Waals surface area contributed by atoms with Gasteiger partial charge >= 0.3 is 0 Å². The van der Waals surface area contributed by atoms with Crippen molar-refractivity contribution in [2.45, 2.75) is 52.2 Å². The smallest absolute Gasteiger partial charge is 0.0765 e. The van der Waals surface area contributed by atoms with Crippen LogP contribution in [0.25, 0.3) is 0 Å². The van der Waals surface area contributed by atoms with Crippen LogP contribution in [0.4, 0.5) is 5.69 Å². The third kappa shape index (κ3) is 5.47. The van der Waals surface area contributed by atoms with Gasteiger partial charge in [0, 0.05) is 19.6 Å².